The Balaban J connectivity index is 2.08. The van der Waals surface area contributed by atoms with E-state index < -0.39 is 5.97 Å². The van der Waals surface area contributed by atoms with E-state index in [1.807, 2.05) is 0 Å². The molecule has 1 N–H and O–H groups in total. The van der Waals surface area contributed by atoms with Gasteiger partial charge in [-0.3, -0.25) is 4.79 Å². The van der Waals surface area contributed by atoms with Crippen molar-refractivity contribution in [3.05, 3.63) is 72.1 Å². The highest BCUT2D eigenvalue weighted by molar-refractivity contribution is 5.75. The zero-order valence-corrected chi connectivity index (χ0v) is 11.9. The minimum atomic E-state index is -1.02. The molecule has 0 aliphatic heterocycles. The van der Waals surface area contributed by atoms with E-state index >= 15 is 0 Å². The second-order valence-corrected chi connectivity index (χ2v) is 4.99. The van der Waals surface area contributed by atoms with Gasteiger partial charge in [0.05, 0.1) is 17.8 Å². The van der Waals surface area contributed by atoms with Crippen LogP contribution in [0.4, 0.5) is 8.78 Å². The molecule has 0 spiro atoms. The number of carbonyl (C=O) groups is 1. The molecule has 0 radical (unpaired) electrons. The van der Waals surface area contributed by atoms with Crippen LogP contribution < -0.4 is 0 Å². The molecule has 0 saturated heterocycles. The Morgan fingerprint density at radius 3 is 2.13 bits per heavy atom. The van der Waals surface area contributed by atoms with Crippen molar-refractivity contribution >= 4 is 5.97 Å². The topological polar surface area (TPSA) is 55.1 Å². The van der Waals surface area contributed by atoms with Crippen LogP contribution in [0.15, 0.2) is 54.7 Å². The van der Waals surface area contributed by atoms with E-state index in [2.05, 4.69) is 5.10 Å². The van der Waals surface area contributed by atoms with Gasteiger partial charge in [-0.05, 0) is 42.0 Å². The number of aromatic nitrogens is 2. The number of aliphatic carboxylic acids is 1. The van der Waals surface area contributed by atoms with Crippen molar-refractivity contribution in [2.24, 2.45) is 0 Å². The first kappa shape index (κ1) is 14.9. The molecule has 0 saturated carbocycles. The van der Waals surface area contributed by atoms with E-state index in [1.54, 1.807) is 30.5 Å². The van der Waals surface area contributed by atoms with Gasteiger partial charge in [-0.2, -0.15) is 5.10 Å². The number of benzene rings is 2. The third-order valence-electron chi connectivity index (χ3n) is 3.36. The second kappa shape index (κ2) is 6.00. The summed E-state index contributed by atoms with van der Waals surface area (Å²) in [7, 11) is 0. The minimum Gasteiger partial charge on any atom is -0.481 e. The Kier molecular flexibility index (Phi) is 3.89. The molecule has 0 aliphatic rings. The molecule has 0 unspecified atom stereocenters. The van der Waals surface area contributed by atoms with E-state index in [0.717, 1.165) is 0 Å². The lowest BCUT2D eigenvalue weighted by atomic mass is 10.1. The first-order chi connectivity index (χ1) is 11.0. The summed E-state index contributed by atoms with van der Waals surface area (Å²) in [5.74, 6) is -1.76. The molecule has 0 fully saturated rings. The van der Waals surface area contributed by atoms with Crippen LogP contribution in [-0.4, -0.2) is 20.9 Å². The average Bonchev–Trinajstić information content (AvgIpc) is 2.92. The molecule has 116 valence electrons. The van der Waals surface area contributed by atoms with Gasteiger partial charge in [-0.15, -0.1) is 0 Å². The SMILES string of the molecule is O=C(O)Cc1nn(-c2ccc(F)cc2)cc1-c1ccc(F)cc1. The van der Waals surface area contributed by atoms with Crippen molar-refractivity contribution in [3.8, 4) is 16.8 Å². The maximum atomic E-state index is 13.1. The van der Waals surface area contributed by atoms with E-state index in [1.165, 1.54) is 28.9 Å². The molecule has 3 rings (SSSR count). The maximum Gasteiger partial charge on any atom is 0.309 e. The summed E-state index contributed by atoms with van der Waals surface area (Å²) in [6.07, 6.45) is 1.39. The molecular weight excluding hydrogens is 302 g/mol. The lowest BCUT2D eigenvalue weighted by molar-refractivity contribution is -0.136. The van der Waals surface area contributed by atoms with Crippen molar-refractivity contribution in [3.63, 3.8) is 0 Å². The number of nitrogens with zero attached hydrogens (tertiary/aromatic N) is 2. The Hall–Kier alpha value is -3.02. The molecule has 0 amide bonds. The molecule has 6 heteroatoms. The maximum absolute atomic E-state index is 13.1. The summed E-state index contributed by atoms with van der Waals surface area (Å²) in [6.45, 7) is 0. The standard InChI is InChI=1S/C17H12F2N2O2/c18-12-3-1-11(2-4-12)15-10-21(20-16(15)9-17(22)23)14-7-5-13(19)6-8-14/h1-8,10H,9H2,(H,22,23). The van der Waals surface area contributed by atoms with Gasteiger partial charge >= 0.3 is 5.97 Å². The lowest BCUT2D eigenvalue weighted by Crippen LogP contribution is -2.03. The Labute approximate surface area is 130 Å². The fraction of sp³-hybridized carbons (Fsp3) is 0.0588. The summed E-state index contributed by atoms with van der Waals surface area (Å²) in [4.78, 5) is 11.0. The molecular formula is C17H12F2N2O2. The number of carboxylic acids is 1. The molecule has 3 aromatic rings. The van der Waals surface area contributed by atoms with Crippen molar-refractivity contribution in [2.45, 2.75) is 6.42 Å². The van der Waals surface area contributed by atoms with E-state index in [-0.39, 0.29) is 18.1 Å². The Morgan fingerprint density at radius 1 is 1.00 bits per heavy atom. The monoisotopic (exact) mass is 314 g/mol. The van der Waals surface area contributed by atoms with Crippen LogP contribution in [0.1, 0.15) is 5.69 Å². The van der Waals surface area contributed by atoms with E-state index in [4.69, 9.17) is 5.11 Å². The lowest BCUT2D eigenvalue weighted by Gasteiger charge is -2.00. The predicted molar refractivity (Wildman–Crippen MR) is 80.3 cm³/mol. The van der Waals surface area contributed by atoms with Crippen molar-refractivity contribution in [2.75, 3.05) is 0 Å². The molecule has 23 heavy (non-hydrogen) atoms. The number of carboxylic acid groups (broad SMARTS) is 1. The van der Waals surface area contributed by atoms with Gasteiger partial charge in [-0.25, -0.2) is 13.5 Å². The third kappa shape index (κ3) is 3.26. The van der Waals surface area contributed by atoms with Crippen LogP contribution in [0.25, 0.3) is 16.8 Å². The van der Waals surface area contributed by atoms with Crippen molar-refractivity contribution in [1.82, 2.24) is 9.78 Å². The quantitative estimate of drug-likeness (QED) is 0.802. The zero-order chi connectivity index (χ0) is 16.4. The van der Waals surface area contributed by atoms with Crippen LogP contribution in [0.2, 0.25) is 0 Å². The van der Waals surface area contributed by atoms with Gasteiger partial charge in [0.1, 0.15) is 11.6 Å². The van der Waals surface area contributed by atoms with Crippen molar-refractivity contribution in [1.29, 1.82) is 0 Å². The first-order valence-electron chi connectivity index (χ1n) is 6.85. The van der Waals surface area contributed by atoms with Gasteiger partial charge in [0.25, 0.3) is 0 Å². The van der Waals surface area contributed by atoms with Crippen LogP contribution in [0.5, 0.6) is 0 Å². The van der Waals surface area contributed by atoms with Gasteiger partial charge in [0.15, 0.2) is 0 Å². The van der Waals surface area contributed by atoms with E-state index in [9.17, 15) is 13.6 Å². The first-order valence-corrected chi connectivity index (χ1v) is 6.85. The largest absolute Gasteiger partial charge is 0.481 e. The minimum absolute atomic E-state index is 0.263. The smallest absolute Gasteiger partial charge is 0.309 e. The average molecular weight is 314 g/mol. The molecule has 2 aromatic carbocycles. The van der Waals surface area contributed by atoms with E-state index in [0.29, 0.717) is 22.5 Å². The fourth-order valence-corrected chi connectivity index (χ4v) is 2.28. The molecule has 1 aromatic heterocycles. The number of hydrogen-bond donors (Lipinski definition) is 1. The van der Waals surface area contributed by atoms with Gasteiger partial charge in [-0.1, -0.05) is 12.1 Å². The van der Waals surface area contributed by atoms with Crippen LogP contribution in [-0.2, 0) is 11.2 Å². The molecule has 0 bridgehead atoms. The highest BCUT2D eigenvalue weighted by atomic mass is 19.1. The number of halogens is 2. The zero-order valence-electron chi connectivity index (χ0n) is 11.9. The second-order valence-electron chi connectivity index (χ2n) is 4.99. The highest BCUT2D eigenvalue weighted by Gasteiger charge is 2.15. The van der Waals surface area contributed by atoms with Gasteiger partial charge < -0.3 is 5.11 Å². The molecule has 0 atom stereocenters. The van der Waals surface area contributed by atoms with Gasteiger partial charge in [0, 0.05) is 11.8 Å². The molecule has 1 heterocycles. The summed E-state index contributed by atoms with van der Waals surface area (Å²) >= 11 is 0. The van der Waals surface area contributed by atoms with Crippen LogP contribution >= 0.6 is 0 Å². The predicted octanol–water partition coefficient (Wildman–Crippen LogP) is 3.44. The van der Waals surface area contributed by atoms with Gasteiger partial charge in [0.2, 0.25) is 0 Å². The van der Waals surface area contributed by atoms with Crippen molar-refractivity contribution < 1.29 is 18.7 Å². The fourth-order valence-electron chi connectivity index (χ4n) is 2.28. The highest BCUT2D eigenvalue weighted by Crippen LogP contribution is 2.25. The third-order valence-corrected chi connectivity index (χ3v) is 3.36. The van der Waals surface area contributed by atoms with Crippen LogP contribution in [0.3, 0.4) is 0 Å². The Morgan fingerprint density at radius 2 is 1.57 bits per heavy atom. The molecule has 4 nitrogen and oxygen atoms in total. The molecule has 0 aliphatic carbocycles. The Bertz CT molecular complexity index is 840. The normalized spacial score (nSPS) is 10.7. The summed E-state index contributed by atoms with van der Waals surface area (Å²) < 4.78 is 27.6. The summed E-state index contributed by atoms with van der Waals surface area (Å²) in [5, 5.41) is 13.3. The summed E-state index contributed by atoms with van der Waals surface area (Å²) in [6, 6.07) is 11.4. The van der Waals surface area contributed by atoms with Crippen LogP contribution in [0, 0.1) is 11.6 Å². The number of rotatable bonds is 4. The number of hydrogen-bond acceptors (Lipinski definition) is 2. The summed E-state index contributed by atoms with van der Waals surface area (Å²) in [5.41, 5.74) is 2.22.